The molecule has 5 heteroatoms. The van der Waals surface area contributed by atoms with Crippen molar-refractivity contribution in [3.63, 3.8) is 0 Å². The Hall–Kier alpha value is -1.43. The van der Waals surface area contributed by atoms with Crippen LogP contribution in [0.4, 0.5) is 0 Å². The number of fused-ring (bicyclic) bond motifs is 1. The predicted molar refractivity (Wildman–Crippen MR) is 61.4 cm³/mol. The molecule has 2 aromatic rings. The lowest BCUT2D eigenvalue weighted by molar-refractivity contribution is -0.0430. The van der Waals surface area contributed by atoms with Gasteiger partial charge in [-0.1, -0.05) is 12.1 Å². The van der Waals surface area contributed by atoms with Crippen LogP contribution in [0.1, 0.15) is 12.6 Å². The third-order valence-electron chi connectivity index (χ3n) is 3.18. The SMILES string of the molecule is OC[C@H]1O[C@@H](n2cnc3ccccc32)C[C@@H]1O. The van der Waals surface area contributed by atoms with Crippen molar-refractivity contribution in [2.24, 2.45) is 0 Å². The highest BCUT2D eigenvalue weighted by molar-refractivity contribution is 5.75. The first-order valence-corrected chi connectivity index (χ1v) is 5.65. The molecule has 17 heavy (non-hydrogen) atoms. The lowest BCUT2D eigenvalue weighted by Crippen LogP contribution is -2.24. The van der Waals surface area contributed by atoms with Gasteiger partial charge in [-0.2, -0.15) is 0 Å². The largest absolute Gasteiger partial charge is 0.394 e. The van der Waals surface area contributed by atoms with E-state index < -0.39 is 12.2 Å². The van der Waals surface area contributed by atoms with Gasteiger partial charge in [0.15, 0.2) is 0 Å². The number of aromatic nitrogens is 2. The summed E-state index contributed by atoms with van der Waals surface area (Å²) in [5.74, 6) is 0. The van der Waals surface area contributed by atoms with E-state index >= 15 is 0 Å². The summed E-state index contributed by atoms with van der Waals surface area (Å²) in [6.45, 7) is -0.162. The van der Waals surface area contributed by atoms with Crippen molar-refractivity contribution in [3.8, 4) is 0 Å². The molecule has 1 fully saturated rings. The number of benzene rings is 1. The van der Waals surface area contributed by atoms with Gasteiger partial charge in [0.25, 0.3) is 0 Å². The Morgan fingerprint density at radius 3 is 3.00 bits per heavy atom. The van der Waals surface area contributed by atoms with Crippen LogP contribution in [0.15, 0.2) is 30.6 Å². The molecule has 1 aliphatic rings. The molecule has 0 unspecified atom stereocenters. The Kier molecular flexibility index (Phi) is 2.58. The fourth-order valence-corrected chi connectivity index (χ4v) is 2.26. The first-order valence-electron chi connectivity index (χ1n) is 5.65. The number of hydrogen-bond donors (Lipinski definition) is 2. The molecule has 0 spiro atoms. The summed E-state index contributed by atoms with van der Waals surface area (Å²) >= 11 is 0. The van der Waals surface area contributed by atoms with E-state index in [1.807, 2.05) is 28.8 Å². The summed E-state index contributed by atoms with van der Waals surface area (Å²) in [4.78, 5) is 4.28. The van der Waals surface area contributed by atoms with E-state index in [1.54, 1.807) is 6.33 Å². The van der Waals surface area contributed by atoms with E-state index in [2.05, 4.69) is 4.98 Å². The number of aliphatic hydroxyl groups is 2. The highest BCUT2D eigenvalue weighted by Gasteiger charge is 2.34. The third-order valence-corrected chi connectivity index (χ3v) is 3.18. The van der Waals surface area contributed by atoms with Gasteiger partial charge < -0.3 is 19.5 Å². The zero-order valence-electron chi connectivity index (χ0n) is 9.23. The van der Waals surface area contributed by atoms with Crippen LogP contribution in [-0.2, 0) is 4.74 Å². The molecule has 3 rings (SSSR count). The van der Waals surface area contributed by atoms with E-state index in [1.165, 1.54) is 0 Å². The van der Waals surface area contributed by atoms with Crippen LogP contribution in [-0.4, -0.2) is 38.6 Å². The molecule has 1 aromatic carbocycles. The third kappa shape index (κ3) is 1.72. The summed E-state index contributed by atoms with van der Waals surface area (Å²) < 4.78 is 7.50. The van der Waals surface area contributed by atoms with Crippen molar-refractivity contribution in [2.75, 3.05) is 6.61 Å². The molecule has 1 aliphatic heterocycles. The van der Waals surface area contributed by atoms with Crippen molar-refractivity contribution < 1.29 is 14.9 Å². The minimum Gasteiger partial charge on any atom is -0.394 e. The second kappa shape index (κ2) is 4.10. The summed E-state index contributed by atoms with van der Waals surface area (Å²) in [6.07, 6.45) is 0.815. The number of hydrogen-bond acceptors (Lipinski definition) is 4. The smallest absolute Gasteiger partial charge is 0.138 e. The average Bonchev–Trinajstić information content (AvgIpc) is 2.92. The van der Waals surface area contributed by atoms with E-state index in [9.17, 15) is 5.11 Å². The topological polar surface area (TPSA) is 67.5 Å². The number of nitrogens with zero attached hydrogens (tertiary/aromatic N) is 2. The summed E-state index contributed by atoms with van der Waals surface area (Å²) in [7, 11) is 0. The first kappa shape index (κ1) is 10.7. The van der Waals surface area contributed by atoms with Crippen molar-refractivity contribution in [1.82, 2.24) is 9.55 Å². The first-order chi connectivity index (χ1) is 8.29. The standard InChI is InChI=1S/C12H14N2O3/c15-6-11-10(16)5-12(17-11)14-7-13-8-3-1-2-4-9(8)14/h1-4,7,10-12,15-16H,5-6H2/t10-,11+,12+/m0/s1. The summed E-state index contributed by atoms with van der Waals surface area (Å²) in [5, 5.41) is 18.8. The van der Waals surface area contributed by atoms with Crippen LogP contribution in [0.2, 0.25) is 0 Å². The van der Waals surface area contributed by atoms with Gasteiger partial charge in [0.05, 0.1) is 30.1 Å². The lowest BCUT2D eigenvalue weighted by Gasteiger charge is -2.13. The second-order valence-corrected chi connectivity index (χ2v) is 4.26. The number of rotatable bonds is 2. The molecule has 3 atom stereocenters. The number of para-hydroxylation sites is 2. The molecule has 0 saturated carbocycles. The zero-order valence-corrected chi connectivity index (χ0v) is 9.23. The molecule has 0 aliphatic carbocycles. The van der Waals surface area contributed by atoms with Gasteiger partial charge in [0.2, 0.25) is 0 Å². The van der Waals surface area contributed by atoms with E-state index in [-0.39, 0.29) is 12.8 Å². The predicted octanol–water partition coefficient (Wildman–Crippen LogP) is 0.677. The molecule has 90 valence electrons. The number of imidazole rings is 1. The zero-order chi connectivity index (χ0) is 11.8. The Morgan fingerprint density at radius 1 is 1.41 bits per heavy atom. The van der Waals surface area contributed by atoms with Crippen LogP contribution < -0.4 is 0 Å². The van der Waals surface area contributed by atoms with Gasteiger partial charge in [-0.15, -0.1) is 0 Å². The molecule has 0 amide bonds. The van der Waals surface area contributed by atoms with Gasteiger partial charge in [-0.25, -0.2) is 4.98 Å². The van der Waals surface area contributed by atoms with Crippen LogP contribution in [0.25, 0.3) is 11.0 Å². The Balaban J connectivity index is 1.95. The normalized spacial score (nSPS) is 28.9. The fourth-order valence-electron chi connectivity index (χ4n) is 2.26. The maximum Gasteiger partial charge on any atom is 0.138 e. The Morgan fingerprint density at radius 2 is 2.24 bits per heavy atom. The molecule has 0 bridgehead atoms. The summed E-state index contributed by atoms with van der Waals surface area (Å²) in [5.41, 5.74) is 1.88. The molecule has 0 radical (unpaired) electrons. The van der Waals surface area contributed by atoms with Gasteiger partial charge in [-0.05, 0) is 12.1 Å². The van der Waals surface area contributed by atoms with Crippen molar-refractivity contribution in [1.29, 1.82) is 0 Å². The second-order valence-electron chi connectivity index (χ2n) is 4.26. The lowest BCUT2D eigenvalue weighted by atomic mass is 10.2. The van der Waals surface area contributed by atoms with Crippen LogP contribution >= 0.6 is 0 Å². The summed E-state index contributed by atoms with van der Waals surface area (Å²) in [6, 6.07) is 7.76. The van der Waals surface area contributed by atoms with Crippen molar-refractivity contribution >= 4 is 11.0 Å². The quantitative estimate of drug-likeness (QED) is 0.801. The van der Waals surface area contributed by atoms with Crippen LogP contribution in [0, 0.1) is 0 Å². The maximum absolute atomic E-state index is 9.71. The van der Waals surface area contributed by atoms with Crippen molar-refractivity contribution in [2.45, 2.75) is 24.9 Å². The maximum atomic E-state index is 9.71. The van der Waals surface area contributed by atoms with Crippen LogP contribution in [0.5, 0.6) is 0 Å². The molecule has 1 saturated heterocycles. The van der Waals surface area contributed by atoms with Gasteiger partial charge >= 0.3 is 0 Å². The van der Waals surface area contributed by atoms with E-state index in [0.29, 0.717) is 6.42 Å². The Labute approximate surface area is 98.3 Å². The minimum atomic E-state index is -0.619. The molecular formula is C12H14N2O3. The molecule has 2 N–H and O–H groups in total. The molecule has 5 nitrogen and oxygen atoms in total. The fraction of sp³-hybridized carbons (Fsp3) is 0.417. The van der Waals surface area contributed by atoms with E-state index in [0.717, 1.165) is 11.0 Å². The van der Waals surface area contributed by atoms with Gasteiger partial charge in [-0.3, -0.25) is 0 Å². The number of aliphatic hydroxyl groups excluding tert-OH is 2. The van der Waals surface area contributed by atoms with Crippen LogP contribution in [0.3, 0.4) is 0 Å². The minimum absolute atomic E-state index is 0.162. The van der Waals surface area contributed by atoms with Gasteiger partial charge in [0.1, 0.15) is 12.3 Å². The molecule has 2 heterocycles. The van der Waals surface area contributed by atoms with Gasteiger partial charge in [0, 0.05) is 6.42 Å². The average molecular weight is 234 g/mol. The highest BCUT2D eigenvalue weighted by Crippen LogP contribution is 2.30. The molecular weight excluding hydrogens is 220 g/mol. The monoisotopic (exact) mass is 234 g/mol. The van der Waals surface area contributed by atoms with Crippen molar-refractivity contribution in [3.05, 3.63) is 30.6 Å². The highest BCUT2D eigenvalue weighted by atomic mass is 16.5. The Bertz CT molecular complexity index is 525. The molecule has 1 aromatic heterocycles. The van der Waals surface area contributed by atoms with E-state index in [4.69, 9.17) is 9.84 Å². The number of ether oxygens (including phenoxy) is 1.